The molecular weight excluding hydrogens is 276 g/mol. The van der Waals surface area contributed by atoms with Gasteiger partial charge < -0.3 is 16.8 Å². The lowest BCUT2D eigenvalue weighted by Gasteiger charge is -2.08. The summed E-state index contributed by atoms with van der Waals surface area (Å²) in [6.07, 6.45) is 9.15. The number of nitrogens with one attached hydrogen (secondary N) is 3. The Kier molecular flexibility index (Phi) is 13.6. The molecular formula is C11H22N8S. The molecule has 2 aromatic rings. The van der Waals surface area contributed by atoms with Gasteiger partial charge in [-0.25, -0.2) is 0 Å². The fourth-order valence-corrected chi connectivity index (χ4v) is 1.50. The molecule has 0 aromatic carbocycles. The molecule has 2 aromatic heterocycles. The lowest BCUT2D eigenvalue weighted by Crippen LogP contribution is -2.21. The largest absolute Gasteiger partial charge is 0.370 e. The maximum Gasteiger partial charge on any atom is 0.183 e. The SMILES string of the molecule is C1CCNCC1.N=C(N)N.c1cn[nH]n1.c1cscn1. The number of H-pyrrole nitrogens is 1. The molecule has 1 aliphatic rings. The summed E-state index contributed by atoms with van der Waals surface area (Å²) >= 11 is 1.60. The van der Waals surface area contributed by atoms with E-state index in [9.17, 15) is 0 Å². The van der Waals surface area contributed by atoms with Crippen molar-refractivity contribution in [3.63, 3.8) is 0 Å². The van der Waals surface area contributed by atoms with Crippen molar-refractivity contribution in [1.82, 2.24) is 25.7 Å². The van der Waals surface area contributed by atoms with Crippen LogP contribution in [0, 0.1) is 5.41 Å². The Morgan fingerprint density at radius 3 is 1.80 bits per heavy atom. The predicted octanol–water partition coefficient (Wildman–Crippen LogP) is 0.546. The minimum absolute atomic E-state index is 0.333. The third-order valence-electron chi connectivity index (χ3n) is 1.89. The van der Waals surface area contributed by atoms with Crippen LogP contribution < -0.4 is 16.8 Å². The van der Waals surface area contributed by atoms with Gasteiger partial charge in [0.1, 0.15) is 0 Å². The topological polar surface area (TPSA) is 142 Å². The molecule has 1 saturated heterocycles. The zero-order valence-corrected chi connectivity index (χ0v) is 12.1. The van der Waals surface area contributed by atoms with Gasteiger partial charge in [0.2, 0.25) is 0 Å². The van der Waals surface area contributed by atoms with Crippen molar-refractivity contribution in [3.8, 4) is 0 Å². The fraction of sp³-hybridized carbons (Fsp3) is 0.455. The molecule has 0 atom stereocenters. The van der Waals surface area contributed by atoms with E-state index in [1.807, 2.05) is 5.38 Å². The number of thiazole rings is 1. The van der Waals surface area contributed by atoms with Gasteiger partial charge >= 0.3 is 0 Å². The second-order valence-electron chi connectivity index (χ2n) is 3.60. The van der Waals surface area contributed by atoms with Crippen LogP contribution in [-0.2, 0) is 0 Å². The fourth-order valence-electron chi connectivity index (χ4n) is 1.14. The first-order chi connectivity index (χ1) is 9.73. The Morgan fingerprint density at radius 2 is 1.65 bits per heavy atom. The summed E-state index contributed by atoms with van der Waals surface area (Å²) in [5.41, 5.74) is 10.7. The Morgan fingerprint density at radius 1 is 1.05 bits per heavy atom. The van der Waals surface area contributed by atoms with Crippen LogP contribution in [0.15, 0.2) is 29.5 Å². The number of piperidine rings is 1. The molecule has 112 valence electrons. The van der Waals surface area contributed by atoms with Gasteiger partial charge in [0, 0.05) is 11.6 Å². The third-order valence-corrected chi connectivity index (χ3v) is 2.41. The molecule has 0 aliphatic carbocycles. The van der Waals surface area contributed by atoms with Crippen molar-refractivity contribution in [2.45, 2.75) is 19.3 Å². The number of nitrogens with two attached hydrogens (primary N) is 2. The molecule has 9 heteroatoms. The van der Waals surface area contributed by atoms with Crippen molar-refractivity contribution in [2.24, 2.45) is 11.5 Å². The standard InChI is InChI=1S/C5H11N.C3H3NS.C2H3N3.CH5N3/c1-2-4-6-5-3-1;1-2-5-3-4-1;1-2-4-5-3-1;2-1(3)4/h6H,1-5H2;1-3H;1-2H,(H,3,4,5);(H5,2,3,4). The van der Waals surface area contributed by atoms with Crippen LogP contribution in [0.2, 0.25) is 0 Å². The first-order valence-electron chi connectivity index (χ1n) is 6.15. The van der Waals surface area contributed by atoms with E-state index in [1.54, 1.807) is 35.4 Å². The molecule has 0 amide bonds. The summed E-state index contributed by atoms with van der Waals surface area (Å²) in [4.78, 5) is 3.74. The second kappa shape index (κ2) is 15.1. The molecule has 1 aliphatic heterocycles. The highest BCUT2D eigenvalue weighted by Gasteiger charge is 1.93. The Labute approximate surface area is 122 Å². The maximum absolute atomic E-state index is 6.06. The Hall–Kier alpha value is -2.00. The van der Waals surface area contributed by atoms with Gasteiger partial charge in [0.25, 0.3) is 0 Å². The van der Waals surface area contributed by atoms with Crippen molar-refractivity contribution >= 4 is 17.3 Å². The monoisotopic (exact) mass is 298 g/mol. The summed E-state index contributed by atoms with van der Waals surface area (Å²) < 4.78 is 0. The van der Waals surface area contributed by atoms with Gasteiger partial charge in [-0.3, -0.25) is 10.4 Å². The van der Waals surface area contributed by atoms with Crippen LogP contribution >= 0.6 is 11.3 Å². The predicted molar refractivity (Wildman–Crippen MR) is 81.3 cm³/mol. The molecule has 0 bridgehead atoms. The minimum atomic E-state index is -0.333. The number of guanidine groups is 1. The maximum atomic E-state index is 6.06. The lowest BCUT2D eigenvalue weighted by atomic mass is 10.2. The van der Waals surface area contributed by atoms with Gasteiger partial charge in [-0.1, -0.05) is 6.42 Å². The highest BCUT2D eigenvalue weighted by molar-refractivity contribution is 7.07. The highest BCUT2D eigenvalue weighted by atomic mass is 32.1. The van der Waals surface area contributed by atoms with Gasteiger partial charge in [0.05, 0.1) is 17.9 Å². The zero-order valence-electron chi connectivity index (χ0n) is 11.3. The zero-order chi connectivity index (χ0) is 14.9. The molecule has 20 heavy (non-hydrogen) atoms. The molecule has 3 heterocycles. The summed E-state index contributed by atoms with van der Waals surface area (Å²) in [5.74, 6) is -0.333. The first kappa shape index (κ1) is 18.0. The second-order valence-corrected chi connectivity index (χ2v) is 4.35. The van der Waals surface area contributed by atoms with Crippen LogP contribution in [0.4, 0.5) is 0 Å². The van der Waals surface area contributed by atoms with E-state index in [0.717, 1.165) is 0 Å². The van der Waals surface area contributed by atoms with Crippen molar-refractivity contribution in [2.75, 3.05) is 13.1 Å². The Bertz CT molecular complexity index is 295. The van der Waals surface area contributed by atoms with Crippen molar-refractivity contribution in [1.29, 1.82) is 5.41 Å². The number of hydrogen-bond acceptors (Lipinski definition) is 6. The number of aromatic nitrogens is 4. The average Bonchev–Trinajstić information content (AvgIpc) is 3.19. The molecule has 0 spiro atoms. The molecule has 0 radical (unpaired) electrons. The molecule has 1 fully saturated rings. The molecule has 3 rings (SSSR count). The molecule has 0 saturated carbocycles. The van der Waals surface area contributed by atoms with E-state index in [4.69, 9.17) is 5.41 Å². The van der Waals surface area contributed by atoms with E-state index in [2.05, 4.69) is 37.2 Å². The number of rotatable bonds is 0. The van der Waals surface area contributed by atoms with E-state index in [-0.39, 0.29) is 5.96 Å². The van der Waals surface area contributed by atoms with Crippen LogP contribution in [0.25, 0.3) is 0 Å². The average molecular weight is 298 g/mol. The summed E-state index contributed by atoms with van der Waals surface area (Å²) in [6.45, 7) is 2.50. The number of nitrogens with zero attached hydrogens (tertiary/aromatic N) is 3. The normalized spacial score (nSPS) is 12.4. The molecule has 8 nitrogen and oxygen atoms in total. The number of aromatic amines is 1. The smallest absolute Gasteiger partial charge is 0.183 e. The molecule has 7 N–H and O–H groups in total. The van der Waals surface area contributed by atoms with Crippen LogP contribution in [-0.4, -0.2) is 39.4 Å². The van der Waals surface area contributed by atoms with Crippen molar-refractivity contribution in [3.05, 3.63) is 29.5 Å². The summed E-state index contributed by atoms with van der Waals surface area (Å²) in [5, 5.41) is 20.6. The van der Waals surface area contributed by atoms with Gasteiger partial charge in [-0.2, -0.15) is 15.4 Å². The summed E-state index contributed by atoms with van der Waals surface area (Å²) in [6, 6.07) is 0. The lowest BCUT2D eigenvalue weighted by molar-refractivity contribution is 0.520. The van der Waals surface area contributed by atoms with Gasteiger partial charge in [0.15, 0.2) is 5.96 Å². The summed E-state index contributed by atoms with van der Waals surface area (Å²) in [7, 11) is 0. The minimum Gasteiger partial charge on any atom is -0.370 e. The van der Waals surface area contributed by atoms with Crippen LogP contribution in [0.1, 0.15) is 19.3 Å². The highest BCUT2D eigenvalue weighted by Crippen LogP contribution is 1.96. The van der Waals surface area contributed by atoms with E-state index in [1.165, 1.54) is 32.4 Å². The third kappa shape index (κ3) is 18.4. The van der Waals surface area contributed by atoms with E-state index >= 15 is 0 Å². The number of hydrogen-bond donors (Lipinski definition) is 5. The van der Waals surface area contributed by atoms with Gasteiger partial charge in [-0.15, -0.1) is 11.3 Å². The van der Waals surface area contributed by atoms with E-state index < -0.39 is 0 Å². The molecule has 0 unspecified atom stereocenters. The van der Waals surface area contributed by atoms with Crippen LogP contribution in [0.3, 0.4) is 0 Å². The van der Waals surface area contributed by atoms with Crippen molar-refractivity contribution < 1.29 is 0 Å². The first-order valence-corrected chi connectivity index (χ1v) is 7.10. The van der Waals surface area contributed by atoms with Gasteiger partial charge in [-0.05, 0) is 25.9 Å². The quantitative estimate of drug-likeness (QED) is 0.355. The Balaban J connectivity index is 0.000000244. The van der Waals surface area contributed by atoms with Crippen LogP contribution in [0.5, 0.6) is 0 Å². The van der Waals surface area contributed by atoms with E-state index in [0.29, 0.717) is 0 Å².